The van der Waals surface area contributed by atoms with Gasteiger partial charge in [-0.25, -0.2) is 8.78 Å². The van der Waals surface area contributed by atoms with Crippen LogP contribution in [-0.4, -0.2) is 19.3 Å². The van der Waals surface area contributed by atoms with Crippen LogP contribution in [0.25, 0.3) is 0 Å². The molecule has 1 aliphatic heterocycles. The van der Waals surface area contributed by atoms with E-state index in [1.165, 1.54) is 24.3 Å². The van der Waals surface area contributed by atoms with Crippen molar-refractivity contribution in [3.63, 3.8) is 0 Å². The number of ether oxygens (including phenoxy) is 4. The van der Waals surface area contributed by atoms with Gasteiger partial charge in [-0.05, 0) is 47.5 Å². The Morgan fingerprint density at radius 3 is 1.83 bits per heavy atom. The summed E-state index contributed by atoms with van der Waals surface area (Å²) in [6, 6.07) is 17.6. The van der Waals surface area contributed by atoms with Crippen LogP contribution in [0.15, 0.2) is 66.7 Å². The van der Waals surface area contributed by atoms with Gasteiger partial charge >= 0.3 is 0 Å². The van der Waals surface area contributed by atoms with Gasteiger partial charge in [0.2, 0.25) is 0 Å². The highest BCUT2D eigenvalue weighted by Gasteiger charge is 2.23. The molecule has 150 valence electrons. The zero-order chi connectivity index (χ0) is 20.1. The van der Waals surface area contributed by atoms with Gasteiger partial charge in [-0.2, -0.15) is 0 Å². The standard InChI is InChI=1S/C23H20F2O4/c24-18-5-1-16(2-6-18)12-28-22-10-9-20(26-14-21-15-27-21)11-23(22)29-13-17-3-7-19(25)8-4-17/h1-11,21H,12-15H2/t21-/m0/s1. The molecule has 4 nitrogen and oxygen atoms in total. The van der Waals surface area contributed by atoms with Crippen molar-refractivity contribution in [2.45, 2.75) is 19.3 Å². The number of halogens is 2. The van der Waals surface area contributed by atoms with E-state index in [1.54, 1.807) is 42.5 Å². The minimum absolute atomic E-state index is 0.146. The summed E-state index contributed by atoms with van der Waals surface area (Å²) in [7, 11) is 0. The molecule has 0 saturated carbocycles. The van der Waals surface area contributed by atoms with Gasteiger partial charge < -0.3 is 18.9 Å². The van der Waals surface area contributed by atoms with E-state index in [0.717, 1.165) is 11.1 Å². The molecule has 0 aromatic heterocycles. The third kappa shape index (κ3) is 5.68. The van der Waals surface area contributed by atoms with Crippen LogP contribution in [0, 0.1) is 11.6 Å². The van der Waals surface area contributed by atoms with Gasteiger partial charge in [0.25, 0.3) is 0 Å². The summed E-state index contributed by atoms with van der Waals surface area (Å²) in [5.41, 5.74) is 1.66. The van der Waals surface area contributed by atoms with Gasteiger partial charge in [0, 0.05) is 6.07 Å². The fraction of sp³-hybridized carbons (Fsp3) is 0.217. The average molecular weight is 398 g/mol. The van der Waals surface area contributed by atoms with Gasteiger partial charge in [-0.1, -0.05) is 24.3 Å². The Hall–Kier alpha value is -3.12. The highest BCUT2D eigenvalue weighted by molar-refractivity contribution is 5.46. The topological polar surface area (TPSA) is 40.2 Å². The molecule has 0 amide bonds. The highest BCUT2D eigenvalue weighted by Crippen LogP contribution is 2.33. The highest BCUT2D eigenvalue weighted by atomic mass is 19.1. The summed E-state index contributed by atoms with van der Waals surface area (Å²) in [6.07, 6.45) is 0.146. The summed E-state index contributed by atoms with van der Waals surface area (Å²) in [5, 5.41) is 0. The first-order valence-corrected chi connectivity index (χ1v) is 9.29. The fourth-order valence-electron chi connectivity index (χ4n) is 2.65. The zero-order valence-corrected chi connectivity index (χ0v) is 15.6. The van der Waals surface area contributed by atoms with Gasteiger partial charge in [-0.15, -0.1) is 0 Å². The minimum atomic E-state index is -0.297. The van der Waals surface area contributed by atoms with Crippen LogP contribution in [0.1, 0.15) is 11.1 Å². The van der Waals surface area contributed by atoms with Gasteiger partial charge in [0.15, 0.2) is 11.5 Å². The maximum Gasteiger partial charge on any atom is 0.165 e. The van der Waals surface area contributed by atoms with Crippen LogP contribution in [0.5, 0.6) is 17.2 Å². The lowest BCUT2D eigenvalue weighted by molar-refractivity contribution is 0.245. The van der Waals surface area contributed by atoms with E-state index in [4.69, 9.17) is 18.9 Å². The predicted molar refractivity (Wildman–Crippen MR) is 103 cm³/mol. The molecule has 0 spiro atoms. The molecule has 3 aromatic rings. The summed E-state index contributed by atoms with van der Waals surface area (Å²) < 4.78 is 48.8. The second-order valence-corrected chi connectivity index (χ2v) is 6.71. The van der Waals surface area contributed by atoms with E-state index in [2.05, 4.69) is 0 Å². The van der Waals surface area contributed by atoms with E-state index in [1.807, 2.05) is 0 Å². The van der Waals surface area contributed by atoms with Crippen LogP contribution in [0.4, 0.5) is 8.78 Å². The molecule has 0 unspecified atom stereocenters. The summed E-state index contributed by atoms with van der Waals surface area (Å²) in [4.78, 5) is 0. The molecule has 3 aromatic carbocycles. The van der Waals surface area contributed by atoms with Crippen LogP contribution in [-0.2, 0) is 18.0 Å². The first kappa shape index (κ1) is 19.2. The Kier molecular flexibility index (Phi) is 5.91. The molecular formula is C23H20F2O4. The molecule has 0 radical (unpaired) electrons. The van der Waals surface area contributed by atoms with Crippen molar-refractivity contribution in [1.29, 1.82) is 0 Å². The summed E-state index contributed by atoms with van der Waals surface area (Å²) in [6.45, 7) is 1.71. The lowest BCUT2D eigenvalue weighted by Gasteiger charge is -2.15. The molecule has 0 aliphatic carbocycles. The monoisotopic (exact) mass is 398 g/mol. The quantitative estimate of drug-likeness (QED) is 0.481. The molecule has 1 heterocycles. The zero-order valence-electron chi connectivity index (χ0n) is 15.6. The van der Waals surface area contributed by atoms with Crippen molar-refractivity contribution in [3.8, 4) is 17.2 Å². The van der Waals surface area contributed by atoms with Crippen molar-refractivity contribution in [1.82, 2.24) is 0 Å². The van der Waals surface area contributed by atoms with Crippen LogP contribution < -0.4 is 14.2 Å². The Labute approximate surface area is 167 Å². The maximum absolute atomic E-state index is 13.1. The maximum atomic E-state index is 13.1. The Morgan fingerprint density at radius 2 is 1.28 bits per heavy atom. The first-order valence-electron chi connectivity index (χ1n) is 9.29. The second-order valence-electron chi connectivity index (χ2n) is 6.71. The smallest absolute Gasteiger partial charge is 0.165 e. The lowest BCUT2D eigenvalue weighted by atomic mass is 10.2. The Balaban J connectivity index is 1.46. The predicted octanol–water partition coefficient (Wildman–Crippen LogP) is 4.90. The third-order valence-corrected chi connectivity index (χ3v) is 4.37. The molecular weight excluding hydrogens is 378 g/mol. The van der Waals surface area contributed by atoms with E-state index < -0.39 is 0 Å². The van der Waals surface area contributed by atoms with E-state index in [-0.39, 0.29) is 31.0 Å². The van der Waals surface area contributed by atoms with Crippen molar-refractivity contribution in [2.75, 3.05) is 13.2 Å². The van der Waals surface area contributed by atoms with E-state index >= 15 is 0 Å². The number of benzene rings is 3. The molecule has 4 rings (SSSR count). The van der Waals surface area contributed by atoms with E-state index in [0.29, 0.717) is 30.5 Å². The number of epoxide rings is 1. The van der Waals surface area contributed by atoms with Crippen molar-refractivity contribution in [2.24, 2.45) is 0 Å². The molecule has 1 saturated heterocycles. The van der Waals surface area contributed by atoms with E-state index in [9.17, 15) is 8.78 Å². The van der Waals surface area contributed by atoms with Gasteiger partial charge in [-0.3, -0.25) is 0 Å². The SMILES string of the molecule is Fc1ccc(COc2ccc(OC[C@H]3CO3)cc2OCc2ccc(F)cc2)cc1. The molecule has 1 fully saturated rings. The van der Waals surface area contributed by atoms with Crippen molar-refractivity contribution >= 4 is 0 Å². The van der Waals surface area contributed by atoms with Gasteiger partial charge in [0.05, 0.1) is 6.61 Å². The molecule has 0 bridgehead atoms. The number of hydrogen-bond donors (Lipinski definition) is 0. The fourth-order valence-corrected chi connectivity index (χ4v) is 2.65. The van der Waals surface area contributed by atoms with Crippen molar-refractivity contribution < 1.29 is 27.7 Å². The molecule has 1 atom stereocenters. The number of hydrogen-bond acceptors (Lipinski definition) is 4. The second kappa shape index (κ2) is 8.92. The first-order chi connectivity index (χ1) is 14.2. The molecule has 29 heavy (non-hydrogen) atoms. The Morgan fingerprint density at radius 1 is 0.724 bits per heavy atom. The Bertz CT molecular complexity index is 938. The lowest BCUT2D eigenvalue weighted by Crippen LogP contribution is -2.05. The normalized spacial score (nSPS) is 15.0. The summed E-state index contributed by atoms with van der Waals surface area (Å²) >= 11 is 0. The number of rotatable bonds is 9. The molecule has 1 aliphatic rings. The van der Waals surface area contributed by atoms with Crippen LogP contribution in [0.3, 0.4) is 0 Å². The minimum Gasteiger partial charge on any atom is -0.491 e. The average Bonchev–Trinajstić information content (AvgIpc) is 3.57. The van der Waals surface area contributed by atoms with Crippen LogP contribution in [0.2, 0.25) is 0 Å². The largest absolute Gasteiger partial charge is 0.491 e. The molecule has 0 N–H and O–H groups in total. The van der Waals surface area contributed by atoms with Crippen molar-refractivity contribution in [3.05, 3.63) is 89.5 Å². The summed E-state index contributed by atoms with van der Waals surface area (Å²) in [5.74, 6) is 1.09. The van der Waals surface area contributed by atoms with Gasteiger partial charge in [0.1, 0.15) is 43.3 Å². The molecule has 6 heteroatoms. The third-order valence-electron chi connectivity index (χ3n) is 4.37. The van der Waals surface area contributed by atoms with Crippen LogP contribution >= 0.6 is 0 Å².